The summed E-state index contributed by atoms with van der Waals surface area (Å²) in [6.07, 6.45) is 2.83. The fourth-order valence-corrected chi connectivity index (χ4v) is 4.31. The Morgan fingerprint density at radius 2 is 1.96 bits per heavy atom. The lowest BCUT2D eigenvalue weighted by Crippen LogP contribution is -2.27. The molecule has 10 heteroatoms. The van der Waals surface area contributed by atoms with Crippen LogP contribution in [0.3, 0.4) is 0 Å². The van der Waals surface area contributed by atoms with Gasteiger partial charge in [0.2, 0.25) is 10.0 Å². The maximum atomic E-state index is 13.5. The van der Waals surface area contributed by atoms with Crippen molar-refractivity contribution in [2.24, 2.45) is 0 Å². The number of hydrogen-bond donors (Lipinski definition) is 2. The van der Waals surface area contributed by atoms with Crippen molar-refractivity contribution < 1.29 is 27.1 Å². The Morgan fingerprint density at radius 3 is 2.64 bits per heavy atom. The van der Waals surface area contributed by atoms with Crippen LogP contribution in [0.25, 0.3) is 0 Å². The highest BCUT2D eigenvalue weighted by atomic mass is 32.2. The molecular formula is C18H20FN3O5S. The van der Waals surface area contributed by atoms with E-state index in [0.29, 0.717) is 18.7 Å². The van der Waals surface area contributed by atoms with Crippen LogP contribution in [0, 0.1) is 12.7 Å². The smallest absolute Gasteiger partial charge is 0.355 e. The lowest BCUT2D eigenvalue weighted by atomic mass is 10.2. The van der Waals surface area contributed by atoms with Crippen molar-refractivity contribution in [2.75, 3.05) is 25.0 Å². The number of nitrogens with one attached hydrogen (secondary N) is 2. The zero-order valence-corrected chi connectivity index (χ0v) is 16.0. The Balaban J connectivity index is 1.57. The Morgan fingerprint density at radius 1 is 1.25 bits per heavy atom. The Bertz CT molecular complexity index is 996. The van der Waals surface area contributed by atoms with Crippen LogP contribution < -0.4 is 5.32 Å². The number of benzene rings is 1. The third kappa shape index (κ3) is 4.39. The third-order valence-corrected chi connectivity index (χ3v) is 6.25. The van der Waals surface area contributed by atoms with Gasteiger partial charge in [-0.05, 0) is 43.5 Å². The maximum Gasteiger partial charge on any atom is 0.355 e. The van der Waals surface area contributed by atoms with Crippen molar-refractivity contribution in [3.63, 3.8) is 0 Å². The zero-order chi connectivity index (χ0) is 20.3. The number of hydrogen-bond acceptors (Lipinski definition) is 5. The summed E-state index contributed by atoms with van der Waals surface area (Å²) < 4.78 is 44.6. The second kappa shape index (κ2) is 8.11. The van der Waals surface area contributed by atoms with Crippen LogP contribution in [-0.4, -0.2) is 49.3 Å². The van der Waals surface area contributed by atoms with Crippen LogP contribution in [0.2, 0.25) is 0 Å². The minimum atomic E-state index is -3.65. The SMILES string of the molecule is Cc1ccc(NC(=O)COC(=O)c2cc(S(=O)(=O)N3CCCC3)c[nH]2)cc1F. The van der Waals surface area contributed by atoms with Gasteiger partial charge in [0.1, 0.15) is 16.4 Å². The number of esters is 1. The molecular weight excluding hydrogens is 389 g/mol. The fourth-order valence-electron chi connectivity index (χ4n) is 2.80. The van der Waals surface area contributed by atoms with Gasteiger partial charge >= 0.3 is 5.97 Å². The van der Waals surface area contributed by atoms with E-state index in [1.165, 1.54) is 28.7 Å². The summed E-state index contributed by atoms with van der Waals surface area (Å²) in [5.41, 5.74) is 0.603. The summed E-state index contributed by atoms with van der Waals surface area (Å²) in [6.45, 7) is 1.90. The first-order chi connectivity index (χ1) is 13.3. The number of carbonyl (C=O) groups is 2. The number of anilines is 1. The molecule has 1 amide bonds. The number of carbonyl (C=O) groups excluding carboxylic acids is 2. The number of halogens is 1. The van der Waals surface area contributed by atoms with Crippen LogP contribution >= 0.6 is 0 Å². The van der Waals surface area contributed by atoms with Gasteiger partial charge in [-0.15, -0.1) is 0 Å². The highest BCUT2D eigenvalue weighted by molar-refractivity contribution is 7.89. The molecule has 0 atom stereocenters. The number of nitrogens with zero attached hydrogens (tertiary/aromatic N) is 1. The second-order valence-corrected chi connectivity index (χ2v) is 8.39. The van der Waals surface area contributed by atoms with Crippen LogP contribution in [0.4, 0.5) is 10.1 Å². The minimum Gasteiger partial charge on any atom is -0.451 e. The zero-order valence-electron chi connectivity index (χ0n) is 15.2. The summed E-state index contributed by atoms with van der Waals surface area (Å²) in [4.78, 5) is 26.5. The molecule has 150 valence electrons. The topological polar surface area (TPSA) is 109 Å². The van der Waals surface area contributed by atoms with Crippen LogP contribution in [0.5, 0.6) is 0 Å². The molecule has 2 N–H and O–H groups in total. The summed E-state index contributed by atoms with van der Waals surface area (Å²) in [7, 11) is -3.65. The van der Waals surface area contributed by atoms with Crippen molar-refractivity contribution in [1.29, 1.82) is 0 Å². The number of ether oxygens (including phenoxy) is 1. The summed E-state index contributed by atoms with van der Waals surface area (Å²) in [5, 5.41) is 2.41. The first kappa shape index (κ1) is 20.0. The predicted molar refractivity (Wildman–Crippen MR) is 98.8 cm³/mol. The standard InChI is InChI=1S/C18H20FN3O5S/c1-12-4-5-13(8-15(12)19)21-17(23)11-27-18(24)16-9-14(10-20-16)28(25,26)22-6-2-3-7-22/h4-5,8-10,20H,2-3,6-7,11H2,1H3,(H,21,23). The molecule has 3 rings (SSSR count). The van der Waals surface area contributed by atoms with Gasteiger partial charge in [-0.2, -0.15) is 4.31 Å². The molecule has 0 spiro atoms. The van der Waals surface area contributed by atoms with E-state index in [-0.39, 0.29) is 16.3 Å². The number of aromatic nitrogens is 1. The Kier molecular flexibility index (Phi) is 5.80. The molecule has 1 aromatic carbocycles. The average molecular weight is 409 g/mol. The van der Waals surface area contributed by atoms with Crippen molar-refractivity contribution >= 4 is 27.6 Å². The number of aryl methyl sites for hydroxylation is 1. The van der Waals surface area contributed by atoms with Crippen LogP contribution in [0.15, 0.2) is 35.4 Å². The highest BCUT2D eigenvalue weighted by Crippen LogP contribution is 2.21. The predicted octanol–water partition coefficient (Wildman–Crippen LogP) is 2.04. The molecule has 1 aromatic heterocycles. The molecule has 28 heavy (non-hydrogen) atoms. The van der Waals surface area contributed by atoms with Crippen molar-refractivity contribution in [1.82, 2.24) is 9.29 Å². The maximum absolute atomic E-state index is 13.5. The second-order valence-electron chi connectivity index (χ2n) is 6.45. The van der Waals surface area contributed by atoms with E-state index in [2.05, 4.69) is 10.3 Å². The quantitative estimate of drug-likeness (QED) is 0.710. The van der Waals surface area contributed by atoms with E-state index >= 15 is 0 Å². The first-order valence-corrected chi connectivity index (χ1v) is 10.1. The van der Waals surface area contributed by atoms with Crippen molar-refractivity contribution in [3.05, 3.63) is 47.5 Å². The van der Waals surface area contributed by atoms with Gasteiger partial charge in [-0.1, -0.05) is 6.07 Å². The summed E-state index contributed by atoms with van der Waals surface area (Å²) in [6, 6.07) is 5.38. The summed E-state index contributed by atoms with van der Waals surface area (Å²) >= 11 is 0. The normalized spacial score (nSPS) is 14.8. The molecule has 0 bridgehead atoms. The van der Waals surface area contributed by atoms with Gasteiger partial charge in [-0.3, -0.25) is 4.79 Å². The monoisotopic (exact) mass is 409 g/mol. The van der Waals surface area contributed by atoms with E-state index < -0.39 is 34.3 Å². The number of sulfonamides is 1. The van der Waals surface area contributed by atoms with E-state index in [1.807, 2.05) is 0 Å². The lowest BCUT2D eigenvalue weighted by Gasteiger charge is -2.13. The number of amides is 1. The average Bonchev–Trinajstić information content (AvgIpc) is 3.35. The van der Waals surface area contributed by atoms with Gasteiger partial charge in [0, 0.05) is 25.0 Å². The van der Waals surface area contributed by atoms with Gasteiger partial charge < -0.3 is 15.0 Å². The largest absolute Gasteiger partial charge is 0.451 e. The van der Waals surface area contributed by atoms with Crippen LogP contribution in [-0.2, 0) is 19.6 Å². The molecule has 8 nitrogen and oxygen atoms in total. The van der Waals surface area contributed by atoms with Gasteiger partial charge in [0.15, 0.2) is 6.61 Å². The molecule has 0 aliphatic carbocycles. The Hall–Kier alpha value is -2.72. The lowest BCUT2D eigenvalue weighted by molar-refractivity contribution is -0.119. The molecule has 1 aliphatic heterocycles. The molecule has 1 aliphatic rings. The molecule has 1 saturated heterocycles. The number of rotatable bonds is 6. The van der Waals surface area contributed by atoms with Gasteiger partial charge in [0.05, 0.1) is 0 Å². The minimum absolute atomic E-state index is 0.0269. The van der Waals surface area contributed by atoms with Gasteiger partial charge in [0.25, 0.3) is 5.91 Å². The molecule has 2 heterocycles. The fraction of sp³-hybridized carbons (Fsp3) is 0.333. The van der Waals surface area contributed by atoms with E-state index in [9.17, 15) is 22.4 Å². The van der Waals surface area contributed by atoms with E-state index in [4.69, 9.17) is 4.74 Å². The molecule has 0 unspecified atom stereocenters. The number of H-pyrrole nitrogens is 1. The van der Waals surface area contributed by atoms with Crippen molar-refractivity contribution in [3.8, 4) is 0 Å². The van der Waals surface area contributed by atoms with Gasteiger partial charge in [-0.25, -0.2) is 17.6 Å². The number of aromatic amines is 1. The van der Waals surface area contributed by atoms with Crippen molar-refractivity contribution in [2.45, 2.75) is 24.7 Å². The molecule has 0 radical (unpaired) electrons. The van der Waals surface area contributed by atoms with E-state index in [0.717, 1.165) is 18.9 Å². The molecule has 1 fully saturated rings. The third-order valence-electron chi connectivity index (χ3n) is 4.37. The summed E-state index contributed by atoms with van der Waals surface area (Å²) in [5.74, 6) is -1.98. The Labute approximate surface area is 161 Å². The van der Waals surface area contributed by atoms with E-state index in [1.54, 1.807) is 6.92 Å². The first-order valence-electron chi connectivity index (χ1n) is 8.69. The highest BCUT2D eigenvalue weighted by Gasteiger charge is 2.29. The molecule has 2 aromatic rings. The van der Waals surface area contributed by atoms with Crippen LogP contribution in [0.1, 0.15) is 28.9 Å². The molecule has 0 saturated carbocycles.